The molecule has 19 heavy (non-hydrogen) atoms. The van der Waals surface area contributed by atoms with Crippen LogP contribution in [-0.2, 0) is 17.4 Å². The molecule has 4 nitrogen and oxygen atoms in total. The van der Waals surface area contributed by atoms with Gasteiger partial charge in [-0.1, -0.05) is 0 Å². The average Bonchev–Trinajstić information content (AvgIpc) is 2.25. The maximum atomic E-state index is 12.6. The molecule has 1 aromatic rings. The number of hydrogen-bond acceptors (Lipinski definition) is 3. The summed E-state index contributed by atoms with van der Waals surface area (Å²) in [6, 6.07) is 1.64. The van der Waals surface area contributed by atoms with Gasteiger partial charge in [0.2, 0.25) is 0 Å². The zero-order valence-electron chi connectivity index (χ0n) is 9.00. The first kappa shape index (κ1) is 14.8. The molecule has 0 aliphatic carbocycles. The van der Waals surface area contributed by atoms with Gasteiger partial charge in [-0.05, 0) is 11.6 Å². The van der Waals surface area contributed by atoms with E-state index in [0.717, 1.165) is 6.07 Å². The van der Waals surface area contributed by atoms with Gasteiger partial charge < -0.3 is 5.11 Å². The molecule has 0 aliphatic heterocycles. The van der Waals surface area contributed by atoms with Gasteiger partial charge in [-0.2, -0.15) is 18.4 Å². The molecular weight excluding hydrogens is 275 g/mol. The number of nitriles is 1. The van der Waals surface area contributed by atoms with E-state index in [-0.39, 0.29) is 0 Å². The molecule has 0 amide bonds. The van der Waals surface area contributed by atoms with E-state index in [0.29, 0.717) is 6.07 Å². The highest BCUT2D eigenvalue weighted by atomic mass is 19.4. The van der Waals surface area contributed by atoms with E-state index in [9.17, 15) is 26.7 Å². The van der Waals surface area contributed by atoms with Crippen LogP contribution in [0.1, 0.15) is 28.9 Å². The van der Waals surface area contributed by atoms with Crippen molar-refractivity contribution in [1.29, 1.82) is 5.26 Å². The lowest BCUT2D eigenvalue weighted by Crippen LogP contribution is -2.15. The Labute approximate surface area is 103 Å². The van der Waals surface area contributed by atoms with E-state index in [1.165, 1.54) is 0 Å². The predicted octanol–water partition coefficient (Wildman–Crippen LogP) is 2.54. The summed E-state index contributed by atoms with van der Waals surface area (Å²) in [6.07, 6.45) is -9.39. The molecule has 0 saturated carbocycles. The summed E-state index contributed by atoms with van der Waals surface area (Å²) < 4.78 is 62.6. The monoisotopic (exact) mass is 280 g/mol. The summed E-state index contributed by atoms with van der Waals surface area (Å²) >= 11 is 0. The minimum atomic E-state index is -5.07. The predicted molar refractivity (Wildman–Crippen MR) is 50.3 cm³/mol. The van der Waals surface area contributed by atoms with Gasteiger partial charge in [0.05, 0.1) is 12.0 Å². The second kappa shape index (κ2) is 5.17. The van der Waals surface area contributed by atoms with Gasteiger partial charge in [0.25, 0.3) is 6.43 Å². The fraction of sp³-hybridized carbons (Fsp3) is 0.300. The van der Waals surface area contributed by atoms with Crippen molar-refractivity contribution in [2.75, 3.05) is 0 Å². The van der Waals surface area contributed by atoms with Crippen LogP contribution in [0.5, 0.6) is 0 Å². The van der Waals surface area contributed by atoms with Crippen molar-refractivity contribution >= 4 is 5.97 Å². The first-order valence-corrected chi connectivity index (χ1v) is 4.68. The zero-order chi connectivity index (χ0) is 14.8. The standard InChI is InChI=1S/C10H5F5N2O2/c11-9(12)7-4(2-6(18)19)1-5(3-16)8(17-7)10(13,14)15/h1,9H,2H2,(H,18,19). The Kier molecular flexibility index (Phi) is 4.04. The molecule has 1 heterocycles. The van der Waals surface area contributed by atoms with Gasteiger partial charge in [-0.25, -0.2) is 13.8 Å². The summed E-state index contributed by atoms with van der Waals surface area (Å²) in [5, 5.41) is 17.0. The van der Waals surface area contributed by atoms with Crippen molar-refractivity contribution in [2.24, 2.45) is 0 Å². The number of nitrogens with zero attached hydrogens (tertiary/aromatic N) is 2. The van der Waals surface area contributed by atoms with Crippen molar-refractivity contribution in [3.8, 4) is 6.07 Å². The van der Waals surface area contributed by atoms with Crippen LogP contribution >= 0.6 is 0 Å². The SMILES string of the molecule is N#Cc1cc(CC(=O)O)c(C(F)F)nc1C(F)(F)F. The molecular formula is C10H5F5N2O2. The van der Waals surface area contributed by atoms with E-state index in [1.54, 1.807) is 0 Å². The number of hydrogen-bond donors (Lipinski definition) is 1. The van der Waals surface area contributed by atoms with Gasteiger partial charge in [0.15, 0.2) is 5.69 Å². The first-order chi connectivity index (χ1) is 8.66. The van der Waals surface area contributed by atoms with Gasteiger partial charge in [0.1, 0.15) is 11.8 Å². The molecule has 0 aliphatic rings. The third-order valence-electron chi connectivity index (χ3n) is 2.07. The van der Waals surface area contributed by atoms with E-state index < -0.39 is 47.5 Å². The van der Waals surface area contributed by atoms with E-state index in [1.807, 2.05) is 0 Å². The van der Waals surface area contributed by atoms with Crippen LogP contribution in [0.15, 0.2) is 6.07 Å². The molecule has 1 aromatic heterocycles. The number of carboxylic acid groups (broad SMARTS) is 1. The quantitative estimate of drug-likeness (QED) is 0.863. The van der Waals surface area contributed by atoms with E-state index in [4.69, 9.17) is 10.4 Å². The van der Waals surface area contributed by atoms with Crippen LogP contribution in [0.2, 0.25) is 0 Å². The summed E-state index contributed by atoms with van der Waals surface area (Å²) in [5.74, 6) is -1.52. The summed E-state index contributed by atoms with van der Waals surface area (Å²) in [7, 11) is 0. The van der Waals surface area contributed by atoms with Crippen LogP contribution in [0.3, 0.4) is 0 Å². The van der Waals surface area contributed by atoms with Crippen molar-refractivity contribution in [3.05, 3.63) is 28.6 Å². The fourth-order valence-electron chi connectivity index (χ4n) is 1.36. The Bertz CT molecular complexity index is 548. The normalized spacial score (nSPS) is 11.4. The molecule has 0 atom stereocenters. The number of rotatable bonds is 3. The molecule has 0 fully saturated rings. The van der Waals surface area contributed by atoms with Crippen molar-refractivity contribution in [2.45, 2.75) is 19.0 Å². The Balaban J connectivity index is 3.52. The van der Waals surface area contributed by atoms with Gasteiger partial charge in [-0.15, -0.1) is 0 Å². The van der Waals surface area contributed by atoms with Crippen molar-refractivity contribution in [3.63, 3.8) is 0 Å². The summed E-state index contributed by atoms with van der Waals surface area (Å²) in [4.78, 5) is 13.2. The largest absolute Gasteiger partial charge is 0.481 e. The first-order valence-electron chi connectivity index (χ1n) is 4.68. The number of aromatic nitrogens is 1. The average molecular weight is 280 g/mol. The second-order valence-electron chi connectivity index (χ2n) is 3.41. The van der Waals surface area contributed by atoms with Crippen LogP contribution < -0.4 is 0 Å². The molecule has 102 valence electrons. The van der Waals surface area contributed by atoms with Gasteiger partial charge >= 0.3 is 12.1 Å². The highest BCUT2D eigenvalue weighted by Crippen LogP contribution is 2.33. The van der Waals surface area contributed by atoms with Crippen LogP contribution in [-0.4, -0.2) is 16.1 Å². The minimum Gasteiger partial charge on any atom is -0.481 e. The summed E-state index contributed by atoms with van der Waals surface area (Å²) in [5.41, 5.74) is -4.65. The zero-order valence-corrected chi connectivity index (χ0v) is 9.00. The fourth-order valence-corrected chi connectivity index (χ4v) is 1.36. The molecule has 9 heteroatoms. The molecule has 0 saturated heterocycles. The molecule has 1 rings (SSSR count). The number of pyridine rings is 1. The highest BCUT2D eigenvalue weighted by Gasteiger charge is 2.37. The Morgan fingerprint density at radius 2 is 2.05 bits per heavy atom. The number of carboxylic acids is 1. The van der Waals surface area contributed by atoms with E-state index in [2.05, 4.69) is 4.98 Å². The third kappa shape index (κ3) is 3.37. The number of carbonyl (C=O) groups is 1. The maximum Gasteiger partial charge on any atom is 0.434 e. The minimum absolute atomic E-state index is 0.478. The summed E-state index contributed by atoms with van der Waals surface area (Å²) in [6.45, 7) is 0. The lowest BCUT2D eigenvalue weighted by molar-refractivity contribution is -0.141. The molecule has 0 unspecified atom stereocenters. The maximum absolute atomic E-state index is 12.6. The van der Waals surface area contributed by atoms with Gasteiger partial charge in [0, 0.05) is 0 Å². The molecule has 1 N–H and O–H groups in total. The smallest absolute Gasteiger partial charge is 0.434 e. The number of halogens is 5. The lowest BCUT2D eigenvalue weighted by Gasteiger charge is -2.12. The highest BCUT2D eigenvalue weighted by molar-refractivity contribution is 5.71. The molecule has 0 bridgehead atoms. The molecule has 0 radical (unpaired) electrons. The van der Waals surface area contributed by atoms with Crippen LogP contribution in [0, 0.1) is 11.3 Å². The lowest BCUT2D eigenvalue weighted by atomic mass is 10.0. The number of alkyl halides is 5. The Morgan fingerprint density at radius 1 is 1.47 bits per heavy atom. The molecule has 0 spiro atoms. The third-order valence-corrected chi connectivity index (χ3v) is 2.07. The van der Waals surface area contributed by atoms with Crippen LogP contribution in [0.4, 0.5) is 22.0 Å². The van der Waals surface area contributed by atoms with E-state index >= 15 is 0 Å². The second-order valence-corrected chi connectivity index (χ2v) is 3.41. The number of aliphatic carboxylic acids is 1. The van der Waals surface area contributed by atoms with Crippen molar-refractivity contribution < 1.29 is 31.9 Å². The van der Waals surface area contributed by atoms with Crippen molar-refractivity contribution in [1.82, 2.24) is 4.98 Å². The van der Waals surface area contributed by atoms with Gasteiger partial charge in [-0.3, -0.25) is 4.79 Å². The van der Waals surface area contributed by atoms with Crippen LogP contribution in [0.25, 0.3) is 0 Å². The Morgan fingerprint density at radius 3 is 2.42 bits per heavy atom. The Hall–Kier alpha value is -2.24. The topological polar surface area (TPSA) is 74.0 Å². The molecule has 0 aromatic carbocycles.